The molecule has 5 N–H and O–H groups in total. The molecule has 5 amide bonds. The molecule has 3 aromatic rings. The number of aliphatic hydroxyl groups excluding tert-OH is 1. The summed E-state index contributed by atoms with van der Waals surface area (Å²) in [4.78, 5) is 69.5. The number of unbranched alkanes of at least 4 members (excludes halogenated alkanes) is 3. The summed E-state index contributed by atoms with van der Waals surface area (Å²) in [5.74, 6) is -3.36. The predicted octanol–water partition coefficient (Wildman–Crippen LogP) is 3.61. The zero-order chi connectivity index (χ0) is 40.3. The minimum absolute atomic E-state index is 0.00129. The van der Waals surface area contributed by atoms with Crippen molar-refractivity contribution in [3.05, 3.63) is 89.9 Å². The lowest BCUT2D eigenvalue weighted by atomic mass is 9.84. The first-order chi connectivity index (χ1) is 26.1. The van der Waals surface area contributed by atoms with E-state index in [-0.39, 0.29) is 24.2 Å². The van der Waals surface area contributed by atoms with Gasteiger partial charge in [0, 0.05) is 50.1 Å². The van der Waals surface area contributed by atoms with Gasteiger partial charge in [0.05, 0.1) is 17.8 Å². The summed E-state index contributed by atoms with van der Waals surface area (Å²) in [5, 5.41) is 15.6. The first-order valence-corrected chi connectivity index (χ1v) is 18.4. The van der Waals surface area contributed by atoms with Crippen LogP contribution in [0.4, 0.5) is 8.78 Å². The fourth-order valence-corrected chi connectivity index (χ4v) is 6.49. The number of carbonyl (C=O) groups excluding carboxylic acids is 5. The monoisotopic (exact) mass is 763 g/mol. The molecule has 0 saturated carbocycles. The molecule has 0 bridgehead atoms. The highest BCUT2D eigenvalue weighted by Crippen LogP contribution is 2.39. The van der Waals surface area contributed by atoms with Crippen molar-refractivity contribution in [2.24, 2.45) is 11.1 Å². The Labute approximate surface area is 320 Å². The van der Waals surface area contributed by atoms with E-state index in [1.807, 2.05) is 51.1 Å². The van der Waals surface area contributed by atoms with Gasteiger partial charge in [-0.3, -0.25) is 28.9 Å². The molecule has 296 valence electrons. The molecule has 55 heavy (non-hydrogen) atoms. The largest absolute Gasteiger partial charge is 0.387 e. The van der Waals surface area contributed by atoms with Crippen LogP contribution >= 0.6 is 0 Å². The van der Waals surface area contributed by atoms with E-state index in [0.29, 0.717) is 38.3 Å². The number of aliphatic hydroxyl groups is 1. The Bertz CT molecular complexity index is 1840. The van der Waals surface area contributed by atoms with Gasteiger partial charge in [0.2, 0.25) is 17.7 Å². The van der Waals surface area contributed by atoms with Crippen LogP contribution in [0.3, 0.4) is 0 Å². The number of aromatic nitrogens is 2. The Kier molecular flexibility index (Phi) is 14.9. The quantitative estimate of drug-likeness (QED) is 0.106. The number of benzene rings is 2. The van der Waals surface area contributed by atoms with E-state index in [1.54, 1.807) is 10.8 Å². The average Bonchev–Trinajstić information content (AvgIpc) is 3.71. The van der Waals surface area contributed by atoms with Crippen molar-refractivity contribution in [2.75, 3.05) is 26.2 Å². The van der Waals surface area contributed by atoms with Gasteiger partial charge in [-0.25, -0.2) is 13.8 Å². The number of carbonyl (C=O) groups is 5. The van der Waals surface area contributed by atoms with Crippen LogP contribution in [0.25, 0.3) is 11.3 Å². The summed E-state index contributed by atoms with van der Waals surface area (Å²) >= 11 is 0. The lowest BCUT2D eigenvalue weighted by molar-refractivity contribution is -0.144. The van der Waals surface area contributed by atoms with Crippen molar-refractivity contribution >= 4 is 29.5 Å². The van der Waals surface area contributed by atoms with Crippen LogP contribution in [0.5, 0.6) is 0 Å². The van der Waals surface area contributed by atoms with Gasteiger partial charge in [-0.2, -0.15) is 0 Å². The maximum absolute atomic E-state index is 15.0. The van der Waals surface area contributed by atoms with Crippen LogP contribution in [0.2, 0.25) is 0 Å². The fourth-order valence-electron chi connectivity index (χ4n) is 6.49. The van der Waals surface area contributed by atoms with E-state index >= 15 is 0 Å². The molecule has 0 radical (unpaired) electrons. The number of halogens is 2. The van der Waals surface area contributed by atoms with Crippen molar-refractivity contribution in [1.82, 2.24) is 30.0 Å². The van der Waals surface area contributed by atoms with Crippen LogP contribution in [-0.2, 0) is 30.5 Å². The molecule has 1 aliphatic rings. The van der Waals surface area contributed by atoms with Gasteiger partial charge < -0.3 is 30.9 Å². The van der Waals surface area contributed by atoms with Gasteiger partial charge in [-0.15, -0.1) is 0 Å². The van der Waals surface area contributed by atoms with Gasteiger partial charge in [0.1, 0.15) is 30.1 Å². The maximum Gasteiger partial charge on any atom is 0.254 e. The number of nitrogens with zero attached hydrogens (tertiary/aromatic N) is 4. The van der Waals surface area contributed by atoms with Gasteiger partial charge in [0.25, 0.3) is 11.8 Å². The number of amides is 5. The highest BCUT2D eigenvalue weighted by Gasteiger charge is 2.39. The third-order valence-electron chi connectivity index (χ3n) is 9.37. The summed E-state index contributed by atoms with van der Waals surface area (Å²) in [6, 6.07) is 9.94. The van der Waals surface area contributed by atoms with Gasteiger partial charge >= 0.3 is 0 Å². The molecule has 0 saturated heterocycles. The van der Waals surface area contributed by atoms with Crippen LogP contribution < -0.4 is 16.4 Å². The van der Waals surface area contributed by atoms with Crippen LogP contribution in [0.1, 0.15) is 77.2 Å². The lowest BCUT2D eigenvalue weighted by Gasteiger charge is -2.40. The molecule has 1 aromatic heterocycles. The molecular formula is C40H51F2N7O6. The van der Waals surface area contributed by atoms with Gasteiger partial charge in [-0.05, 0) is 55.4 Å². The third kappa shape index (κ3) is 11.4. The first-order valence-electron chi connectivity index (χ1n) is 18.4. The molecule has 4 rings (SSSR count). The topological polar surface area (TPSA) is 180 Å². The van der Waals surface area contributed by atoms with Crippen molar-refractivity contribution in [3.8, 4) is 11.3 Å². The summed E-state index contributed by atoms with van der Waals surface area (Å²) in [6.07, 6.45) is 6.81. The lowest BCUT2D eigenvalue weighted by Crippen LogP contribution is -2.48. The van der Waals surface area contributed by atoms with Gasteiger partial charge in [0.15, 0.2) is 0 Å². The first kappa shape index (κ1) is 42.5. The van der Waals surface area contributed by atoms with Crippen LogP contribution in [0.15, 0.2) is 66.9 Å². The number of rotatable bonds is 19. The zero-order valence-corrected chi connectivity index (χ0v) is 31.8. The minimum Gasteiger partial charge on any atom is -0.387 e. The molecule has 13 nitrogen and oxygen atoms in total. The molecule has 0 aliphatic carbocycles. The zero-order valence-electron chi connectivity index (χ0n) is 31.8. The minimum atomic E-state index is -0.975. The molecule has 1 aliphatic heterocycles. The second kappa shape index (κ2) is 19.4. The predicted molar refractivity (Wildman–Crippen MR) is 202 cm³/mol. The molecule has 15 heteroatoms. The normalized spacial score (nSPS) is 14.5. The van der Waals surface area contributed by atoms with E-state index < -0.39 is 71.3 Å². The van der Waals surface area contributed by atoms with Crippen LogP contribution in [-0.4, -0.2) is 92.3 Å². The molecule has 3 atom stereocenters. The number of imide groups is 1. The number of imidazole rings is 1. The molecule has 0 spiro atoms. The smallest absolute Gasteiger partial charge is 0.254 e. The molecule has 2 heterocycles. The number of hydrogen-bond donors (Lipinski definition) is 4. The molecule has 0 fully saturated rings. The highest BCUT2D eigenvalue weighted by molar-refractivity contribution is 6.15. The molecule has 2 aromatic carbocycles. The Balaban J connectivity index is 1.36. The van der Waals surface area contributed by atoms with Gasteiger partial charge in [-0.1, -0.05) is 63.9 Å². The second-order valence-corrected chi connectivity index (χ2v) is 14.7. The summed E-state index contributed by atoms with van der Waals surface area (Å²) < 4.78 is 31.0. The second-order valence-electron chi connectivity index (χ2n) is 14.7. The summed E-state index contributed by atoms with van der Waals surface area (Å²) in [7, 11) is 0. The van der Waals surface area contributed by atoms with Crippen molar-refractivity contribution in [2.45, 2.75) is 84.5 Å². The molecule has 0 unspecified atom stereocenters. The maximum atomic E-state index is 15.0. The summed E-state index contributed by atoms with van der Waals surface area (Å²) in [6.45, 7) is 7.43. The van der Waals surface area contributed by atoms with E-state index in [0.717, 1.165) is 53.7 Å². The van der Waals surface area contributed by atoms with Crippen molar-refractivity contribution in [1.29, 1.82) is 0 Å². The number of hydrogen-bond acceptors (Lipinski definition) is 8. The SMILES string of the molecule is C[C@H](C(=O)NCCCCCCNC(=O)[C@@H](N)CCN(C(=O)CO)[C@@H](c1nc(-c2cc(F)ccc2F)cn1Cc1ccccc1)C(C)(C)C)N1C(=O)C=CC1=O. The summed E-state index contributed by atoms with van der Waals surface area (Å²) in [5.41, 5.74) is 6.66. The fraction of sp³-hybridized carbons (Fsp3) is 0.450. The van der Waals surface area contributed by atoms with E-state index in [9.17, 15) is 37.9 Å². The number of nitrogens with one attached hydrogen (secondary N) is 2. The Morgan fingerprint density at radius 1 is 0.927 bits per heavy atom. The third-order valence-corrected chi connectivity index (χ3v) is 9.37. The van der Waals surface area contributed by atoms with E-state index in [4.69, 9.17) is 10.7 Å². The van der Waals surface area contributed by atoms with Crippen molar-refractivity contribution < 1.29 is 37.9 Å². The highest BCUT2D eigenvalue weighted by atomic mass is 19.1. The van der Waals surface area contributed by atoms with E-state index in [2.05, 4.69) is 10.6 Å². The van der Waals surface area contributed by atoms with Crippen LogP contribution in [0, 0.1) is 17.0 Å². The van der Waals surface area contributed by atoms with Crippen molar-refractivity contribution in [3.63, 3.8) is 0 Å². The Hall–Kier alpha value is -5.28. The average molecular weight is 764 g/mol. The molecular weight excluding hydrogens is 712 g/mol. The Morgan fingerprint density at radius 2 is 1.55 bits per heavy atom. The van der Waals surface area contributed by atoms with E-state index in [1.165, 1.54) is 11.8 Å². The standard InChI is InChI=1S/C40H51F2N7O6/c1-26(49-33(51)16-17-34(49)52)38(54)44-19-10-5-6-11-20-45-39(55)31(43)18-21-48(35(53)25-50)36(40(2,3)4)37-46-32(29-22-28(41)14-15-30(29)42)24-47(37)23-27-12-8-7-9-13-27/h7-9,12-17,22,24,26,31,36,50H,5-6,10-11,18-21,23,25,43H2,1-4H3,(H,44,54)(H,45,55)/t26-,31+,36+/m1/s1. The number of nitrogens with two attached hydrogens (primary N) is 1. The Morgan fingerprint density at radius 3 is 2.15 bits per heavy atom.